The maximum absolute atomic E-state index is 12.5. The van der Waals surface area contributed by atoms with E-state index < -0.39 is 0 Å². The van der Waals surface area contributed by atoms with Crippen molar-refractivity contribution in [1.29, 1.82) is 0 Å². The second-order valence-electron chi connectivity index (χ2n) is 7.97. The number of hydrogen-bond acceptors (Lipinski definition) is 5. The van der Waals surface area contributed by atoms with Crippen molar-refractivity contribution in [2.24, 2.45) is 0 Å². The number of hydrogen-bond donors (Lipinski definition) is 0. The molecule has 2 aliphatic rings. The van der Waals surface area contributed by atoms with E-state index in [-0.39, 0.29) is 5.91 Å². The largest absolute Gasteiger partial charge is 0.378 e. The van der Waals surface area contributed by atoms with E-state index in [2.05, 4.69) is 43.0 Å². The van der Waals surface area contributed by atoms with Gasteiger partial charge in [-0.25, -0.2) is 9.97 Å². The fourth-order valence-electron chi connectivity index (χ4n) is 4.15. The number of nitrogens with zero attached hydrogens (tertiary/aromatic N) is 4. The fraction of sp³-hybridized carbons (Fsp3) is 0.522. The molecule has 0 atom stereocenters. The van der Waals surface area contributed by atoms with Gasteiger partial charge in [-0.1, -0.05) is 36.8 Å². The van der Waals surface area contributed by atoms with E-state index in [4.69, 9.17) is 14.7 Å². The van der Waals surface area contributed by atoms with E-state index >= 15 is 0 Å². The van der Waals surface area contributed by atoms with Crippen LogP contribution in [0, 0.1) is 6.92 Å². The van der Waals surface area contributed by atoms with E-state index in [1.54, 1.807) is 0 Å². The Morgan fingerprint density at radius 3 is 2.76 bits per heavy atom. The Morgan fingerprint density at radius 2 is 2.00 bits per heavy atom. The predicted octanol–water partition coefficient (Wildman–Crippen LogP) is 2.90. The molecule has 0 unspecified atom stereocenters. The van der Waals surface area contributed by atoms with Gasteiger partial charge in [-0.05, 0) is 18.9 Å². The lowest BCUT2D eigenvalue weighted by Crippen LogP contribution is -2.41. The molecule has 6 nitrogen and oxygen atoms in total. The summed E-state index contributed by atoms with van der Waals surface area (Å²) < 4.78 is 5.55. The van der Waals surface area contributed by atoms with Crippen LogP contribution in [0.25, 0.3) is 0 Å². The summed E-state index contributed by atoms with van der Waals surface area (Å²) in [6, 6.07) is 8.53. The number of aryl methyl sites for hydroxylation is 1. The summed E-state index contributed by atoms with van der Waals surface area (Å²) in [6.45, 7) is 8.61. The molecule has 0 bridgehead atoms. The molecule has 1 saturated heterocycles. The predicted molar refractivity (Wildman–Crippen MR) is 113 cm³/mol. The zero-order valence-electron chi connectivity index (χ0n) is 17.5. The second kappa shape index (κ2) is 8.91. The van der Waals surface area contributed by atoms with Crippen LogP contribution in [0.3, 0.4) is 0 Å². The van der Waals surface area contributed by atoms with Crippen LogP contribution in [-0.2, 0) is 28.9 Å². The van der Waals surface area contributed by atoms with Gasteiger partial charge in [0, 0.05) is 44.5 Å². The molecule has 1 amide bonds. The SMILES string of the molecule is CCCC(=O)N1CCc2nc(Cc3cccc(C)c3)nc(N3CCOCC3)c2C1. The molecule has 1 fully saturated rings. The van der Waals surface area contributed by atoms with Crippen molar-refractivity contribution in [3.63, 3.8) is 0 Å². The molecule has 0 spiro atoms. The maximum Gasteiger partial charge on any atom is 0.222 e. The minimum absolute atomic E-state index is 0.231. The minimum atomic E-state index is 0.231. The third-order valence-corrected chi connectivity index (χ3v) is 5.66. The van der Waals surface area contributed by atoms with Crippen LogP contribution in [0.5, 0.6) is 0 Å². The first-order valence-corrected chi connectivity index (χ1v) is 10.7. The molecule has 4 rings (SSSR count). The third kappa shape index (κ3) is 4.58. The number of anilines is 1. The molecule has 0 N–H and O–H groups in total. The number of amides is 1. The number of rotatable bonds is 5. The van der Waals surface area contributed by atoms with Crippen LogP contribution in [-0.4, -0.2) is 53.6 Å². The topological polar surface area (TPSA) is 58.6 Å². The number of carbonyl (C=O) groups excluding carboxylic acids is 1. The van der Waals surface area contributed by atoms with Crippen LogP contribution in [0.2, 0.25) is 0 Å². The monoisotopic (exact) mass is 394 g/mol. The van der Waals surface area contributed by atoms with Crippen LogP contribution in [0.4, 0.5) is 5.82 Å². The molecule has 0 radical (unpaired) electrons. The van der Waals surface area contributed by atoms with E-state index in [0.29, 0.717) is 26.2 Å². The van der Waals surface area contributed by atoms with Gasteiger partial charge >= 0.3 is 0 Å². The summed E-state index contributed by atoms with van der Waals surface area (Å²) in [6.07, 6.45) is 3.01. The Balaban J connectivity index is 1.66. The molecular weight excluding hydrogens is 364 g/mol. The highest BCUT2D eigenvalue weighted by Gasteiger charge is 2.28. The van der Waals surface area contributed by atoms with Crippen molar-refractivity contribution in [2.75, 3.05) is 37.7 Å². The Kier molecular flexibility index (Phi) is 6.09. The lowest BCUT2D eigenvalue weighted by atomic mass is 10.0. The maximum atomic E-state index is 12.5. The standard InChI is InChI=1S/C23H30N4O2/c1-3-5-22(28)27-9-8-20-19(16-27)23(26-10-12-29-13-11-26)25-21(24-20)15-18-7-4-6-17(2)14-18/h4,6-7,14H,3,5,8-13,15-16H2,1-2H3. The van der Waals surface area contributed by atoms with Crippen molar-refractivity contribution >= 4 is 11.7 Å². The summed E-state index contributed by atoms with van der Waals surface area (Å²) in [7, 11) is 0. The average molecular weight is 395 g/mol. The van der Waals surface area contributed by atoms with Crippen molar-refractivity contribution in [3.8, 4) is 0 Å². The van der Waals surface area contributed by atoms with E-state index in [0.717, 1.165) is 61.8 Å². The molecule has 0 saturated carbocycles. The minimum Gasteiger partial charge on any atom is -0.378 e. The smallest absolute Gasteiger partial charge is 0.222 e. The first kappa shape index (κ1) is 19.8. The van der Waals surface area contributed by atoms with E-state index in [1.165, 1.54) is 11.1 Å². The van der Waals surface area contributed by atoms with Crippen molar-refractivity contribution in [2.45, 2.75) is 46.1 Å². The van der Waals surface area contributed by atoms with Crippen molar-refractivity contribution in [3.05, 3.63) is 52.5 Å². The van der Waals surface area contributed by atoms with Crippen molar-refractivity contribution in [1.82, 2.24) is 14.9 Å². The molecule has 154 valence electrons. The Hall–Kier alpha value is -2.47. The molecule has 2 aromatic rings. The van der Waals surface area contributed by atoms with E-state index in [1.807, 2.05) is 4.90 Å². The van der Waals surface area contributed by atoms with Gasteiger partial charge in [-0.2, -0.15) is 0 Å². The quantitative estimate of drug-likeness (QED) is 0.780. The molecule has 29 heavy (non-hydrogen) atoms. The molecule has 1 aromatic carbocycles. The highest BCUT2D eigenvalue weighted by molar-refractivity contribution is 5.76. The molecule has 6 heteroatoms. The van der Waals surface area contributed by atoms with Gasteiger partial charge in [0.25, 0.3) is 0 Å². The van der Waals surface area contributed by atoms with Crippen LogP contribution in [0.15, 0.2) is 24.3 Å². The summed E-state index contributed by atoms with van der Waals surface area (Å²) in [5.74, 6) is 2.09. The Labute approximate surface area is 172 Å². The summed E-state index contributed by atoms with van der Waals surface area (Å²) in [4.78, 5) is 26.7. The normalized spacial score (nSPS) is 16.6. The first-order chi connectivity index (χ1) is 14.1. The molecule has 1 aromatic heterocycles. The van der Waals surface area contributed by atoms with Crippen LogP contribution in [0.1, 0.15) is 48.0 Å². The fourth-order valence-corrected chi connectivity index (χ4v) is 4.15. The average Bonchev–Trinajstić information content (AvgIpc) is 2.74. The molecule has 3 heterocycles. The van der Waals surface area contributed by atoms with Gasteiger partial charge < -0.3 is 14.5 Å². The van der Waals surface area contributed by atoms with Gasteiger partial charge in [0.15, 0.2) is 0 Å². The summed E-state index contributed by atoms with van der Waals surface area (Å²) >= 11 is 0. The lowest BCUT2D eigenvalue weighted by Gasteiger charge is -2.34. The number of aromatic nitrogens is 2. The number of fused-ring (bicyclic) bond motifs is 1. The van der Waals surface area contributed by atoms with Crippen LogP contribution < -0.4 is 4.90 Å². The number of ether oxygens (including phenoxy) is 1. The second-order valence-corrected chi connectivity index (χ2v) is 7.97. The van der Waals surface area contributed by atoms with Gasteiger partial charge in [-0.3, -0.25) is 4.79 Å². The zero-order chi connectivity index (χ0) is 20.2. The number of carbonyl (C=O) groups is 1. The molecule has 0 aliphatic carbocycles. The summed E-state index contributed by atoms with van der Waals surface area (Å²) in [5.41, 5.74) is 4.70. The molecular formula is C23H30N4O2. The van der Waals surface area contributed by atoms with Crippen LogP contribution >= 0.6 is 0 Å². The van der Waals surface area contributed by atoms with Gasteiger partial charge in [-0.15, -0.1) is 0 Å². The third-order valence-electron chi connectivity index (χ3n) is 5.66. The van der Waals surface area contributed by atoms with Gasteiger partial charge in [0.2, 0.25) is 5.91 Å². The lowest BCUT2D eigenvalue weighted by molar-refractivity contribution is -0.132. The Bertz CT molecular complexity index is 877. The zero-order valence-corrected chi connectivity index (χ0v) is 17.5. The molecule has 2 aliphatic heterocycles. The number of morpholine rings is 1. The highest BCUT2D eigenvalue weighted by Crippen LogP contribution is 2.28. The van der Waals surface area contributed by atoms with E-state index in [9.17, 15) is 4.79 Å². The van der Waals surface area contributed by atoms with Gasteiger partial charge in [0.05, 0.1) is 25.5 Å². The first-order valence-electron chi connectivity index (χ1n) is 10.7. The van der Waals surface area contributed by atoms with Gasteiger partial charge in [0.1, 0.15) is 11.6 Å². The Morgan fingerprint density at radius 1 is 1.17 bits per heavy atom. The number of benzene rings is 1. The van der Waals surface area contributed by atoms with Crippen molar-refractivity contribution < 1.29 is 9.53 Å². The highest BCUT2D eigenvalue weighted by atomic mass is 16.5. The summed E-state index contributed by atoms with van der Waals surface area (Å²) in [5, 5.41) is 0.